The molecule has 2 N–H and O–H groups in total. The van der Waals surface area contributed by atoms with E-state index in [1.165, 1.54) is 9.07 Å². The Morgan fingerprint density at radius 1 is 1.18 bits per heavy atom. The van der Waals surface area contributed by atoms with Crippen molar-refractivity contribution in [3.05, 3.63) is 77.7 Å². The van der Waals surface area contributed by atoms with Gasteiger partial charge in [0, 0.05) is 39.8 Å². The highest BCUT2D eigenvalue weighted by Gasteiger charge is 2.34. The van der Waals surface area contributed by atoms with E-state index < -0.39 is 12.1 Å². The third-order valence-corrected chi connectivity index (χ3v) is 10.6. The standard InChI is InChI=1S/C25H27IN4O3S/c1-28-11-13-29(14-12-28)25-27-21-22(31)19(24(32)33)16-30(23(21)34-25)15-18-9-5-6-10-20(26-18)17-7-3-2-4-8-17/h2-10,16,20,22,31H,11-15H2,1H3,(H,32,33). The van der Waals surface area contributed by atoms with Crippen LogP contribution in [0, 0.1) is 0 Å². The molecule has 1 aromatic carbocycles. The van der Waals surface area contributed by atoms with Crippen LogP contribution in [0.4, 0.5) is 10.1 Å². The third kappa shape index (κ3) is 4.88. The van der Waals surface area contributed by atoms with Crippen molar-refractivity contribution in [2.45, 2.75) is 10.0 Å². The highest BCUT2D eigenvalue weighted by Crippen LogP contribution is 2.44. The number of allylic oxidation sites excluding steroid dienone is 3. The zero-order valence-electron chi connectivity index (χ0n) is 18.8. The van der Waals surface area contributed by atoms with Gasteiger partial charge in [-0.15, -0.1) is 20.7 Å². The summed E-state index contributed by atoms with van der Waals surface area (Å²) >= 11 is 1.18. The molecule has 2 aromatic rings. The number of thiazole rings is 1. The van der Waals surface area contributed by atoms with E-state index in [0.717, 1.165) is 36.3 Å². The second kappa shape index (κ2) is 10.1. The zero-order chi connectivity index (χ0) is 23.7. The largest absolute Gasteiger partial charge is 0.478 e. The molecule has 1 fully saturated rings. The van der Waals surface area contributed by atoms with Crippen LogP contribution in [0.2, 0.25) is 0 Å². The van der Waals surface area contributed by atoms with Crippen LogP contribution >= 0.6 is 32.1 Å². The highest BCUT2D eigenvalue weighted by molar-refractivity contribution is 14.2. The predicted molar refractivity (Wildman–Crippen MR) is 146 cm³/mol. The average Bonchev–Trinajstić information content (AvgIpc) is 3.16. The molecule has 3 aliphatic heterocycles. The first kappa shape index (κ1) is 23.4. The average molecular weight is 590 g/mol. The molecule has 1 aromatic heterocycles. The molecule has 0 spiro atoms. The maximum atomic E-state index is 11.9. The normalized spacial score (nSPS) is 23.0. The van der Waals surface area contributed by atoms with Crippen molar-refractivity contribution in [2.24, 2.45) is 0 Å². The SMILES string of the molecule is CN1CCN(c2nc3c(s2)N(CC2=IC(c4ccccc4)C=CC=C2)C=C(C(=O)O)C3O)CC1. The summed E-state index contributed by atoms with van der Waals surface area (Å²) in [6, 6.07) is 10.5. The molecule has 2 atom stereocenters. The first-order valence-corrected chi connectivity index (χ1v) is 14.4. The van der Waals surface area contributed by atoms with E-state index in [9.17, 15) is 15.0 Å². The van der Waals surface area contributed by atoms with E-state index in [4.69, 9.17) is 4.98 Å². The number of aliphatic carboxylic acids is 1. The lowest BCUT2D eigenvalue weighted by molar-refractivity contribution is -0.133. The molecule has 178 valence electrons. The summed E-state index contributed by atoms with van der Waals surface area (Å²) < 4.78 is 1.67. The molecule has 34 heavy (non-hydrogen) atoms. The van der Waals surface area contributed by atoms with Crippen molar-refractivity contribution < 1.29 is 15.0 Å². The molecular weight excluding hydrogens is 563 g/mol. The van der Waals surface area contributed by atoms with Crippen molar-refractivity contribution in [1.29, 1.82) is 0 Å². The van der Waals surface area contributed by atoms with Crippen LogP contribution < -0.4 is 9.80 Å². The number of hydrogen-bond acceptors (Lipinski definition) is 7. The van der Waals surface area contributed by atoms with Crippen molar-refractivity contribution >= 4 is 51.7 Å². The zero-order valence-corrected chi connectivity index (χ0v) is 21.8. The number of fused-ring (bicyclic) bond motifs is 1. The van der Waals surface area contributed by atoms with Gasteiger partial charge in [-0.25, -0.2) is 9.78 Å². The van der Waals surface area contributed by atoms with E-state index in [1.54, 1.807) is 17.5 Å². The van der Waals surface area contributed by atoms with Crippen LogP contribution in [-0.4, -0.2) is 69.3 Å². The number of alkyl halides is 1. The molecule has 0 aliphatic carbocycles. The Morgan fingerprint density at radius 2 is 1.94 bits per heavy atom. The fourth-order valence-corrected chi connectivity index (χ4v) is 8.36. The van der Waals surface area contributed by atoms with Crippen LogP contribution in [0.1, 0.15) is 21.3 Å². The summed E-state index contributed by atoms with van der Waals surface area (Å²) in [7, 11) is 2.11. The van der Waals surface area contributed by atoms with Crippen molar-refractivity contribution in [1.82, 2.24) is 9.88 Å². The van der Waals surface area contributed by atoms with Gasteiger partial charge in [-0.1, -0.05) is 66.0 Å². The van der Waals surface area contributed by atoms with Gasteiger partial charge in [0.1, 0.15) is 16.8 Å². The number of halogens is 1. The van der Waals surface area contributed by atoms with Gasteiger partial charge < -0.3 is 24.9 Å². The maximum Gasteiger partial charge on any atom is 0.336 e. The second-order valence-electron chi connectivity index (χ2n) is 8.51. The van der Waals surface area contributed by atoms with E-state index >= 15 is 0 Å². The second-order valence-corrected chi connectivity index (χ2v) is 12.8. The fourth-order valence-electron chi connectivity index (χ4n) is 4.17. The molecule has 0 bridgehead atoms. The van der Waals surface area contributed by atoms with Gasteiger partial charge in [-0.2, -0.15) is 0 Å². The lowest BCUT2D eigenvalue weighted by Crippen LogP contribution is -2.44. The monoisotopic (exact) mass is 590 g/mol. The Hall–Kier alpha value is -2.34. The fraction of sp³-hybridized carbons (Fsp3) is 0.320. The number of piperazine rings is 1. The smallest absolute Gasteiger partial charge is 0.336 e. The first-order valence-electron chi connectivity index (χ1n) is 11.2. The predicted octanol–water partition coefficient (Wildman–Crippen LogP) is 3.73. The molecular formula is C25H27IN4O3S. The number of anilines is 2. The summed E-state index contributed by atoms with van der Waals surface area (Å²) in [6.45, 7) is 4.24. The van der Waals surface area contributed by atoms with E-state index in [0.29, 0.717) is 16.2 Å². The van der Waals surface area contributed by atoms with Gasteiger partial charge in [0.25, 0.3) is 0 Å². The minimum Gasteiger partial charge on any atom is -0.478 e. The third-order valence-electron chi connectivity index (χ3n) is 6.12. The lowest BCUT2D eigenvalue weighted by Gasteiger charge is -2.32. The highest BCUT2D eigenvalue weighted by atomic mass is 127. The number of aromatic nitrogens is 1. The number of benzene rings is 1. The summed E-state index contributed by atoms with van der Waals surface area (Å²) in [4.78, 5) is 23.2. The number of likely N-dealkylation sites (N-methyl/N-ethyl adjacent to an activating group) is 1. The molecule has 1 saturated heterocycles. The number of rotatable bonds is 5. The summed E-state index contributed by atoms with van der Waals surface area (Å²) in [6.07, 6.45) is 8.97. The summed E-state index contributed by atoms with van der Waals surface area (Å²) in [5, 5.41) is 22.3. The van der Waals surface area contributed by atoms with E-state index in [-0.39, 0.29) is 26.3 Å². The van der Waals surface area contributed by atoms with Crippen LogP contribution in [0.25, 0.3) is 0 Å². The number of carbonyl (C=O) groups is 1. The first-order chi connectivity index (χ1) is 16.5. The summed E-state index contributed by atoms with van der Waals surface area (Å²) in [5.74, 6) is -1.11. The Kier molecular flexibility index (Phi) is 6.96. The van der Waals surface area contributed by atoms with E-state index in [2.05, 4.69) is 65.4 Å². The lowest BCUT2D eigenvalue weighted by atomic mass is 10.1. The number of aliphatic hydroxyl groups is 1. The Labute approximate surface area is 213 Å². The molecule has 2 unspecified atom stereocenters. The van der Waals surface area contributed by atoms with Crippen molar-refractivity contribution in [2.75, 3.05) is 49.6 Å². The Morgan fingerprint density at radius 3 is 2.68 bits per heavy atom. The van der Waals surface area contributed by atoms with E-state index in [1.807, 2.05) is 11.0 Å². The van der Waals surface area contributed by atoms with Gasteiger partial charge in [0.2, 0.25) is 0 Å². The molecule has 7 nitrogen and oxygen atoms in total. The van der Waals surface area contributed by atoms with Crippen LogP contribution in [0.3, 0.4) is 0 Å². The van der Waals surface area contributed by atoms with Gasteiger partial charge in [-0.05, 0) is 12.6 Å². The number of hydrogen-bond donors (Lipinski definition) is 2. The number of aliphatic hydroxyl groups excluding tert-OH is 1. The molecule has 3 aliphatic rings. The van der Waals surface area contributed by atoms with Crippen molar-refractivity contribution in [3.63, 3.8) is 0 Å². The topological polar surface area (TPSA) is 80.1 Å². The molecule has 4 heterocycles. The summed E-state index contributed by atoms with van der Waals surface area (Å²) in [5.41, 5.74) is 1.73. The minimum absolute atomic E-state index is 0.0307. The van der Waals surface area contributed by atoms with Crippen LogP contribution in [-0.2, 0) is 4.79 Å². The van der Waals surface area contributed by atoms with Crippen LogP contribution in [0.15, 0.2) is 66.4 Å². The van der Waals surface area contributed by atoms with Gasteiger partial charge in [0.15, 0.2) is 5.13 Å². The quantitative estimate of drug-likeness (QED) is 0.406. The molecule has 9 heteroatoms. The molecule has 0 saturated carbocycles. The number of carboxylic acids is 1. The van der Waals surface area contributed by atoms with Gasteiger partial charge in [-0.3, -0.25) is 0 Å². The maximum absolute atomic E-state index is 11.9. The Balaban J connectivity index is 1.47. The molecule has 5 rings (SSSR count). The van der Waals surface area contributed by atoms with Crippen molar-refractivity contribution in [3.8, 4) is 0 Å². The molecule has 0 amide bonds. The van der Waals surface area contributed by atoms with Gasteiger partial charge in [0.05, 0.1) is 12.1 Å². The van der Waals surface area contributed by atoms with Gasteiger partial charge >= 0.3 is 5.97 Å². The minimum atomic E-state index is -1.22. The Bertz CT molecular complexity index is 1180. The number of carboxylic acid groups (broad SMARTS) is 1. The number of nitrogens with zero attached hydrogens (tertiary/aromatic N) is 4. The molecule has 0 radical (unpaired) electrons. The van der Waals surface area contributed by atoms with Crippen LogP contribution in [0.5, 0.6) is 0 Å².